The molecule has 0 fully saturated rings. The second kappa shape index (κ2) is 22.3. The first-order chi connectivity index (χ1) is 12.8. The van der Waals surface area contributed by atoms with E-state index in [0.29, 0.717) is 6.61 Å². The van der Waals surface area contributed by atoms with E-state index in [1.807, 2.05) is 6.08 Å². The average Bonchev–Trinajstić information content (AvgIpc) is 2.64. The molecule has 0 unspecified atom stereocenters. The molecule has 0 heterocycles. The van der Waals surface area contributed by atoms with Crippen LogP contribution in [0.2, 0.25) is 0 Å². The Hall–Kier alpha value is -0.790. The third-order valence-electron chi connectivity index (χ3n) is 4.97. The van der Waals surface area contributed by atoms with Gasteiger partial charge in [-0.1, -0.05) is 116 Å². The van der Waals surface area contributed by atoms with Crippen LogP contribution in [0.5, 0.6) is 0 Å². The minimum Gasteiger partial charge on any atom is -0.463 e. The molecule has 0 aliphatic rings. The Bertz CT molecular complexity index is 309. The van der Waals surface area contributed by atoms with Crippen LogP contribution in [0, 0.1) is 0 Å². The Kier molecular flexibility index (Phi) is 21.6. The number of allylic oxidation sites excluding steroid dienone is 1. The van der Waals surface area contributed by atoms with Crippen molar-refractivity contribution in [3.8, 4) is 0 Å². The highest BCUT2D eigenvalue weighted by atomic mass is 16.5. The van der Waals surface area contributed by atoms with Crippen LogP contribution in [0.25, 0.3) is 0 Å². The normalized spacial score (nSPS) is 11.3. The number of esters is 1. The van der Waals surface area contributed by atoms with Crippen molar-refractivity contribution >= 4 is 5.97 Å². The summed E-state index contributed by atoms with van der Waals surface area (Å²) in [5, 5.41) is 0. The molecule has 154 valence electrons. The highest BCUT2D eigenvalue weighted by molar-refractivity contribution is 5.81. The van der Waals surface area contributed by atoms with Gasteiger partial charge in [0.15, 0.2) is 0 Å². The van der Waals surface area contributed by atoms with Crippen LogP contribution in [0.15, 0.2) is 12.2 Å². The maximum atomic E-state index is 11.4. The summed E-state index contributed by atoms with van der Waals surface area (Å²) in [4.78, 5) is 11.4. The maximum Gasteiger partial charge on any atom is 0.330 e. The smallest absolute Gasteiger partial charge is 0.330 e. The summed E-state index contributed by atoms with van der Waals surface area (Å²) in [6, 6.07) is 0. The summed E-state index contributed by atoms with van der Waals surface area (Å²) in [6.07, 6.45) is 27.5. The number of ether oxygens (including phenoxy) is 1. The molecule has 0 atom stereocenters. The van der Waals surface area contributed by atoms with Gasteiger partial charge >= 0.3 is 5.97 Å². The van der Waals surface area contributed by atoms with Gasteiger partial charge in [-0.25, -0.2) is 4.79 Å². The number of carbonyl (C=O) groups excluding carboxylic acids is 1. The van der Waals surface area contributed by atoms with Crippen LogP contribution >= 0.6 is 0 Å². The second-order valence-electron chi connectivity index (χ2n) is 7.66. The van der Waals surface area contributed by atoms with E-state index in [4.69, 9.17) is 4.74 Å². The summed E-state index contributed by atoms with van der Waals surface area (Å²) < 4.78 is 5.09. The molecule has 0 aromatic heterocycles. The highest BCUT2D eigenvalue weighted by Gasteiger charge is 1.96. The summed E-state index contributed by atoms with van der Waals surface area (Å²) in [5.41, 5.74) is 0. The molecule has 2 heteroatoms. The summed E-state index contributed by atoms with van der Waals surface area (Å²) in [6.45, 7) is 4.93. The second-order valence-corrected chi connectivity index (χ2v) is 7.66. The van der Waals surface area contributed by atoms with Gasteiger partial charge in [0, 0.05) is 6.08 Å². The van der Waals surface area contributed by atoms with Gasteiger partial charge in [-0.2, -0.15) is 0 Å². The van der Waals surface area contributed by atoms with Gasteiger partial charge in [0.2, 0.25) is 0 Å². The first-order valence-corrected chi connectivity index (χ1v) is 11.6. The lowest BCUT2D eigenvalue weighted by Crippen LogP contribution is -2.01. The van der Waals surface area contributed by atoms with E-state index in [2.05, 4.69) is 13.8 Å². The van der Waals surface area contributed by atoms with Crippen molar-refractivity contribution in [1.82, 2.24) is 0 Å². The summed E-state index contributed by atoms with van der Waals surface area (Å²) in [5.74, 6) is -0.181. The molecule has 0 saturated carbocycles. The zero-order valence-electron chi connectivity index (χ0n) is 17.9. The molecule has 0 N–H and O–H groups in total. The van der Waals surface area contributed by atoms with E-state index in [0.717, 1.165) is 19.3 Å². The standard InChI is InChI=1S/C24H46O2/c1-3-5-7-8-9-10-11-12-13-14-15-16-17-18-19-20-21-22-24(25)26-23-6-4-2/h21-22H,3-20,23H2,1-2H3. The van der Waals surface area contributed by atoms with Crippen molar-refractivity contribution in [2.75, 3.05) is 6.61 Å². The molecule has 0 bridgehead atoms. The summed E-state index contributed by atoms with van der Waals surface area (Å²) in [7, 11) is 0. The number of hydrogen-bond acceptors (Lipinski definition) is 2. The lowest BCUT2D eigenvalue weighted by molar-refractivity contribution is -0.137. The molecule has 0 aliphatic heterocycles. The summed E-state index contributed by atoms with van der Waals surface area (Å²) >= 11 is 0. The van der Waals surface area contributed by atoms with Gasteiger partial charge in [0.05, 0.1) is 6.61 Å². The zero-order valence-corrected chi connectivity index (χ0v) is 17.9. The van der Waals surface area contributed by atoms with E-state index < -0.39 is 0 Å². The van der Waals surface area contributed by atoms with Gasteiger partial charge < -0.3 is 4.74 Å². The van der Waals surface area contributed by atoms with E-state index in [9.17, 15) is 4.79 Å². The van der Waals surface area contributed by atoms with Crippen molar-refractivity contribution in [2.45, 2.75) is 129 Å². The van der Waals surface area contributed by atoms with Crippen molar-refractivity contribution in [3.05, 3.63) is 12.2 Å². The Morgan fingerprint density at radius 3 is 1.50 bits per heavy atom. The van der Waals surface area contributed by atoms with Crippen LogP contribution < -0.4 is 0 Å². The SMILES string of the molecule is CCCCCCCCCCCCCCCCCC=CC(=O)OCCCC. The predicted molar refractivity (Wildman–Crippen MR) is 115 cm³/mol. The van der Waals surface area contributed by atoms with Crippen LogP contribution in [0.3, 0.4) is 0 Å². The van der Waals surface area contributed by atoms with Gasteiger partial charge in [-0.05, 0) is 19.3 Å². The minimum atomic E-state index is -0.181. The number of carbonyl (C=O) groups is 1. The van der Waals surface area contributed by atoms with E-state index in [1.54, 1.807) is 6.08 Å². The lowest BCUT2D eigenvalue weighted by atomic mass is 10.0. The van der Waals surface area contributed by atoms with Crippen LogP contribution in [0.4, 0.5) is 0 Å². The molecule has 0 rings (SSSR count). The minimum absolute atomic E-state index is 0.181. The molecule has 0 spiro atoms. The molecular formula is C24H46O2. The Balaban J connectivity index is 3.14. The number of hydrogen-bond donors (Lipinski definition) is 0. The first-order valence-electron chi connectivity index (χ1n) is 11.6. The first kappa shape index (κ1) is 25.2. The van der Waals surface area contributed by atoms with Crippen molar-refractivity contribution in [3.63, 3.8) is 0 Å². The topological polar surface area (TPSA) is 26.3 Å². The Labute approximate surface area is 164 Å². The Morgan fingerprint density at radius 1 is 0.615 bits per heavy atom. The van der Waals surface area contributed by atoms with Gasteiger partial charge in [-0.15, -0.1) is 0 Å². The van der Waals surface area contributed by atoms with E-state index >= 15 is 0 Å². The highest BCUT2D eigenvalue weighted by Crippen LogP contribution is 2.13. The van der Waals surface area contributed by atoms with Crippen LogP contribution in [-0.2, 0) is 9.53 Å². The molecule has 0 aliphatic carbocycles. The van der Waals surface area contributed by atoms with Crippen LogP contribution in [0.1, 0.15) is 129 Å². The van der Waals surface area contributed by atoms with Crippen molar-refractivity contribution < 1.29 is 9.53 Å². The predicted octanol–water partition coefficient (Wildman–Crippen LogP) is 8.15. The fourth-order valence-corrected chi connectivity index (χ4v) is 3.18. The van der Waals surface area contributed by atoms with Gasteiger partial charge in [0.25, 0.3) is 0 Å². The molecule has 0 aromatic rings. The van der Waals surface area contributed by atoms with Crippen molar-refractivity contribution in [1.29, 1.82) is 0 Å². The van der Waals surface area contributed by atoms with Gasteiger partial charge in [0.1, 0.15) is 0 Å². The third kappa shape index (κ3) is 21.3. The molecule has 2 nitrogen and oxygen atoms in total. The molecule has 26 heavy (non-hydrogen) atoms. The Morgan fingerprint density at radius 2 is 1.04 bits per heavy atom. The monoisotopic (exact) mass is 366 g/mol. The maximum absolute atomic E-state index is 11.4. The molecule has 0 aromatic carbocycles. The molecule has 0 amide bonds. The van der Waals surface area contributed by atoms with E-state index in [1.165, 1.54) is 96.3 Å². The molecule has 0 radical (unpaired) electrons. The van der Waals surface area contributed by atoms with Crippen LogP contribution in [-0.4, -0.2) is 12.6 Å². The average molecular weight is 367 g/mol. The fraction of sp³-hybridized carbons (Fsp3) is 0.875. The fourth-order valence-electron chi connectivity index (χ4n) is 3.18. The van der Waals surface area contributed by atoms with E-state index in [-0.39, 0.29) is 5.97 Å². The van der Waals surface area contributed by atoms with Crippen molar-refractivity contribution in [2.24, 2.45) is 0 Å². The third-order valence-corrected chi connectivity index (χ3v) is 4.97. The quantitative estimate of drug-likeness (QED) is 0.123. The number of unbranched alkanes of at least 4 members (excludes halogenated alkanes) is 16. The largest absolute Gasteiger partial charge is 0.463 e. The zero-order chi connectivity index (χ0) is 19.1. The lowest BCUT2D eigenvalue weighted by Gasteiger charge is -2.03. The molecular weight excluding hydrogens is 320 g/mol. The molecule has 0 saturated heterocycles. The number of rotatable bonds is 20. The van der Waals surface area contributed by atoms with Gasteiger partial charge in [-0.3, -0.25) is 0 Å².